The topological polar surface area (TPSA) is 78.1 Å². The third-order valence-electron chi connectivity index (χ3n) is 4.81. The molecule has 0 spiro atoms. The summed E-state index contributed by atoms with van der Waals surface area (Å²) in [6.45, 7) is 0. The Morgan fingerprint density at radius 2 is 0.667 bits per heavy atom. The Kier molecular flexibility index (Phi) is 6.80. The van der Waals surface area contributed by atoms with Crippen molar-refractivity contribution in [1.29, 1.82) is 0 Å². The van der Waals surface area contributed by atoms with Crippen LogP contribution in [0.4, 0.5) is 0 Å². The summed E-state index contributed by atoms with van der Waals surface area (Å²) in [4.78, 5) is 0. The Morgan fingerprint density at radius 1 is 0.455 bits per heavy atom. The van der Waals surface area contributed by atoms with Gasteiger partial charge in [0, 0.05) is 0 Å². The van der Waals surface area contributed by atoms with Crippen molar-refractivity contribution in [1.82, 2.24) is 0 Å². The SMILES string of the molecule is [NH2][Ru]([NH2])([NH2])([Cl])([Cl])=[C](P(c1ccccc1)c1ccccc1)P(c1ccccc1)c1ccccc1. The van der Waals surface area contributed by atoms with Crippen molar-refractivity contribution in [3.63, 3.8) is 0 Å². The van der Waals surface area contributed by atoms with Crippen LogP contribution in [0.5, 0.6) is 0 Å². The van der Waals surface area contributed by atoms with E-state index in [-0.39, 0.29) is 0 Å². The molecule has 0 unspecified atom stereocenters. The molecule has 4 aromatic rings. The molecule has 0 aliphatic rings. The van der Waals surface area contributed by atoms with Gasteiger partial charge in [0.2, 0.25) is 0 Å². The number of benzene rings is 4. The van der Waals surface area contributed by atoms with Gasteiger partial charge in [-0.15, -0.1) is 0 Å². The molecule has 0 radical (unpaired) electrons. The first-order valence-electron chi connectivity index (χ1n) is 10.0. The molecule has 0 saturated carbocycles. The fourth-order valence-electron chi connectivity index (χ4n) is 3.51. The Hall–Kier alpha value is -1.31. The number of hydrogen-bond donors (Lipinski definition) is 3. The van der Waals surface area contributed by atoms with E-state index in [1.807, 2.05) is 72.8 Å². The minimum atomic E-state index is -6.01. The van der Waals surface area contributed by atoms with E-state index in [1.165, 1.54) is 0 Å². The Morgan fingerprint density at radius 3 is 0.848 bits per heavy atom. The van der Waals surface area contributed by atoms with E-state index in [1.54, 1.807) is 0 Å². The van der Waals surface area contributed by atoms with Crippen molar-refractivity contribution in [2.24, 2.45) is 13.4 Å². The quantitative estimate of drug-likeness (QED) is 0.225. The van der Waals surface area contributed by atoms with Gasteiger partial charge in [-0.2, -0.15) is 0 Å². The summed E-state index contributed by atoms with van der Waals surface area (Å²) in [5.41, 5.74) is 0. The van der Waals surface area contributed by atoms with Gasteiger partial charge >= 0.3 is 205 Å². The first kappa shape index (κ1) is 24.8. The zero-order chi connectivity index (χ0) is 23.6. The van der Waals surface area contributed by atoms with Crippen LogP contribution in [0.25, 0.3) is 0 Å². The molecule has 0 fully saturated rings. The molecular formula is C25H26Cl2N3P2Ru. The average Bonchev–Trinajstić information content (AvgIpc) is 2.80. The van der Waals surface area contributed by atoms with Crippen LogP contribution in [-0.2, 0) is 10.7 Å². The number of rotatable bonds is 6. The van der Waals surface area contributed by atoms with Crippen LogP contribution in [0.3, 0.4) is 0 Å². The maximum absolute atomic E-state index is 7.07. The summed E-state index contributed by atoms with van der Waals surface area (Å²) in [7, 11) is 5.53. The molecular weight excluding hydrogens is 576 g/mol. The first-order chi connectivity index (χ1) is 15.5. The Balaban J connectivity index is 2.16. The van der Waals surface area contributed by atoms with Gasteiger partial charge in [-0.25, -0.2) is 0 Å². The molecule has 0 heterocycles. The van der Waals surface area contributed by atoms with Crippen LogP contribution in [0, 0.1) is 0 Å². The Labute approximate surface area is 204 Å². The van der Waals surface area contributed by atoms with Crippen LogP contribution in [0.15, 0.2) is 121 Å². The molecule has 4 aromatic carbocycles. The van der Waals surface area contributed by atoms with Crippen LogP contribution >= 0.6 is 35.2 Å². The summed E-state index contributed by atoms with van der Waals surface area (Å²) in [5, 5.41) is 4.17. The molecule has 33 heavy (non-hydrogen) atoms. The van der Waals surface area contributed by atoms with Crippen molar-refractivity contribution < 1.29 is 10.7 Å². The molecule has 173 valence electrons. The second-order valence-corrected chi connectivity index (χ2v) is 30.3. The van der Waals surface area contributed by atoms with Crippen molar-refractivity contribution >= 4 is 60.0 Å². The van der Waals surface area contributed by atoms with Crippen LogP contribution in [0.1, 0.15) is 0 Å². The van der Waals surface area contributed by atoms with Crippen molar-refractivity contribution in [2.45, 2.75) is 0 Å². The summed E-state index contributed by atoms with van der Waals surface area (Å²) in [6, 6.07) is 40.4. The predicted molar refractivity (Wildman–Crippen MR) is 147 cm³/mol. The van der Waals surface area contributed by atoms with Gasteiger partial charge < -0.3 is 0 Å². The third kappa shape index (κ3) is 6.04. The fraction of sp³-hybridized carbons (Fsp3) is 0. The van der Waals surface area contributed by atoms with Crippen LogP contribution < -0.4 is 34.6 Å². The van der Waals surface area contributed by atoms with Gasteiger partial charge in [-0.05, 0) is 0 Å². The van der Waals surface area contributed by atoms with Gasteiger partial charge in [0.15, 0.2) is 0 Å². The monoisotopic (exact) mass is 602 g/mol. The predicted octanol–water partition coefficient (Wildman–Crippen LogP) is 4.49. The van der Waals surface area contributed by atoms with Gasteiger partial charge in [0.05, 0.1) is 0 Å². The summed E-state index contributed by atoms with van der Waals surface area (Å²) < 4.78 is 21.0. The zero-order valence-electron chi connectivity index (χ0n) is 17.8. The number of hydrogen-bond acceptors (Lipinski definition) is 3. The van der Waals surface area contributed by atoms with Crippen molar-refractivity contribution in [3.8, 4) is 0 Å². The Bertz CT molecular complexity index is 1140. The minimum absolute atomic E-state index is 0.653. The van der Waals surface area contributed by atoms with Gasteiger partial charge in [0.1, 0.15) is 0 Å². The normalized spacial score (nSPS) is 14.0. The number of halogens is 2. The molecule has 0 atom stereocenters. The van der Waals surface area contributed by atoms with E-state index in [0.29, 0.717) is 3.59 Å². The van der Waals surface area contributed by atoms with Crippen molar-refractivity contribution in [3.05, 3.63) is 121 Å². The molecule has 3 nitrogen and oxygen atoms in total. The van der Waals surface area contributed by atoms with E-state index in [2.05, 4.69) is 48.5 Å². The molecule has 6 N–H and O–H groups in total. The second kappa shape index (κ2) is 9.05. The first-order valence-corrected chi connectivity index (χ1v) is 21.1. The van der Waals surface area contributed by atoms with E-state index in [0.717, 1.165) is 21.2 Å². The fourth-order valence-corrected chi connectivity index (χ4v) is 22.5. The zero-order valence-corrected chi connectivity index (χ0v) is 22.8. The van der Waals surface area contributed by atoms with E-state index < -0.39 is 26.5 Å². The molecule has 4 rings (SSSR count). The molecule has 0 aliphatic carbocycles. The summed E-state index contributed by atoms with van der Waals surface area (Å²) in [5.74, 6) is 0. The van der Waals surface area contributed by atoms with Crippen LogP contribution in [-0.4, -0.2) is 3.59 Å². The van der Waals surface area contributed by atoms with Crippen molar-refractivity contribution in [2.75, 3.05) is 0 Å². The molecule has 0 amide bonds. The molecule has 0 aromatic heterocycles. The summed E-state index contributed by atoms with van der Waals surface area (Å²) in [6.07, 6.45) is 0. The van der Waals surface area contributed by atoms with E-state index in [9.17, 15) is 0 Å². The molecule has 0 aliphatic heterocycles. The second-order valence-electron chi connectivity index (χ2n) is 7.58. The third-order valence-corrected chi connectivity index (χ3v) is 23.1. The van der Waals surface area contributed by atoms with Crippen LogP contribution in [0.2, 0.25) is 0 Å². The molecule has 0 bridgehead atoms. The van der Waals surface area contributed by atoms with E-state index >= 15 is 0 Å². The molecule has 0 saturated heterocycles. The number of nitrogens with two attached hydrogens (primary N) is 3. The standard InChI is InChI=1S/C25H20P2.2ClH.3H2N.Ru/c1-5-13-22(14-6-1)26(23-15-7-2-8-16-23)21-27(24-17-9-3-10-18-24)25-19-11-4-12-20-25;;;;;;/h1-20H;2*1H;3*1H2;/q;;;3*-1;+5/p-2. The van der Waals surface area contributed by atoms with Gasteiger partial charge in [-0.1, -0.05) is 0 Å². The summed E-state index contributed by atoms with van der Waals surface area (Å²) >= 11 is 0. The maximum atomic E-state index is 7.07. The molecule has 8 heteroatoms. The van der Waals surface area contributed by atoms with Gasteiger partial charge in [-0.3, -0.25) is 0 Å². The van der Waals surface area contributed by atoms with E-state index in [4.69, 9.17) is 32.8 Å². The average molecular weight is 602 g/mol. The van der Waals surface area contributed by atoms with Gasteiger partial charge in [0.25, 0.3) is 0 Å².